The van der Waals surface area contributed by atoms with Crippen LogP contribution in [0.1, 0.15) is 46.2 Å². The summed E-state index contributed by atoms with van der Waals surface area (Å²) in [5.41, 5.74) is 5.18. The van der Waals surface area contributed by atoms with E-state index in [2.05, 4.69) is 51.9 Å². The fourth-order valence-electron chi connectivity index (χ4n) is 3.93. The molecule has 0 aliphatic heterocycles. The first kappa shape index (κ1) is 19.3. The van der Waals surface area contributed by atoms with Gasteiger partial charge < -0.3 is 10.6 Å². The molecule has 6 nitrogen and oxygen atoms in total. The van der Waals surface area contributed by atoms with Crippen molar-refractivity contribution in [1.82, 2.24) is 25.4 Å². The van der Waals surface area contributed by atoms with E-state index in [0.717, 1.165) is 43.5 Å². The second kappa shape index (κ2) is 9.01. The Morgan fingerprint density at radius 2 is 1.86 bits per heavy atom. The molecule has 0 spiro atoms. The molecule has 150 valence electrons. The molecule has 4 rings (SSSR count). The van der Waals surface area contributed by atoms with Gasteiger partial charge in [-0.15, -0.1) is 0 Å². The number of fused-ring (bicyclic) bond motifs is 1. The zero-order valence-electron chi connectivity index (χ0n) is 16.8. The molecule has 0 radical (unpaired) electrons. The number of hydrogen-bond acceptors (Lipinski definition) is 4. The molecular formula is C23H27N5O. The molecule has 2 heterocycles. The van der Waals surface area contributed by atoms with Crippen LogP contribution in [0, 0.1) is 0 Å². The minimum absolute atomic E-state index is 0.103. The second-order valence-corrected chi connectivity index (χ2v) is 7.43. The maximum atomic E-state index is 12.9. The summed E-state index contributed by atoms with van der Waals surface area (Å²) in [6, 6.07) is 14.6. The maximum Gasteiger partial charge on any atom is 0.272 e. The number of benzene rings is 1. The Bertz CT molecular complexity index is 952. The smallest absolute Gasteiger partial charge is 0.272 e. The summed E-state index contributed by atoms with van der Waals surface area (Å²) in [5, 5.41) is 11.3. The Hall–Kier alpha value is -2.99. The van der Waals surface area contributed by atoms with Gasteiger partial charge in [0.15, 0.2) is 5.69 Å². The van der Waals surface area contributed by atoms with E-state index in [1.165, 1.54) is 11.3 Å². The number of rotatable bonds is 7. The summed E-state index contributed by atoms with van der Waals surface area (Å²) in [5.74, 6) is -0.103. The van der Waals surface area contributed by atoms with E-state index in [1.807, 2.05) is 22.9 Å². The summed E-state index contributed by atoms with van der Waals surface area (Å²) in [4.78, 5) is 16.9. The van der Waals surface area contributed by atoms with E-state index >= 15 is 0 Å². The van der Waals surface area contributed by atoms with Crippen molar-refractivity contribution in [2.45, 2.75) is 51.9 Å². The van der Waals surface area contributed by atoms with Crippen LogP contribution in [-0.2, 0) is 32.5 Å². The van der Waals surface area contributed by atoms with Crippen molar-refractivity contribution >= 4 is 5.91 Å². The van der Waals surface area contributed by atoms with Gasteiger partial charge in [0, 0.05) is 49.3 Å². The highest BCUT2D eigenvalue weighted by molar-refractivity contribution is 5.94. The largest absolute Gasteiger partial charge is 0.347 e. The Balaban J connectivity index is 1.45. The minimum atomic E-state index is -0.103. The van der Waals surface area contributed by atoms with Crippen LogP contribution in [0.2, 0.25) is 0 Å². The molecule has 1 aromatic carbocycles. The first-order valence-corrected chi connectivity index (χ1v) is 10.3. The van der Waals surface area contributed by atoms with Gasteiger partial charge in [0.2, 0.25) is 0 Å². The Kier molecular flexibility index (Phi) is 6.00. The van der Waals surface area contributed by atoms with Gasteiger partial charge in [0.25, 0.3) is 5.91 Å². The number of aromatic nitrogens is 3. The highest BCUT2D eigenvalue weighted by Crippen LogP contribution is 2.25. The van der Waals surface area contributed by atoms with Gasteiger partial charge in [-0.25, -0.2) is 0 Å². The lowest BCUT2D eigenvalue weighted by Crippen LogP contribution is -2.35. The van der Waals surface area contributed by atoms with Gasteiger partial charge in [-0.2, -0.15) is 5.10 Å². The lowest BCUT2D eigenvalue weighted by molar-refractivity contribution is 0.0944. The lowest BCUT2D eigenvalue weighted by atomic mass is 9.91. The molecule has 0 saturated heterocycles. The number of carbonyl (C=O) groups excluding carboxylic acids is 1. The molecule has 1 amide bonds. The molecule has 3 aromatic rings. The van der Waals surface area contributed by atoms with Crippen LogP contribution >= 0.6 is 0 Å². The van der Waals surface area contributed by atoms with Crippen molar-refractivity contribution in [3.05, 3.63) is 82.9 Å². The predicted molar refractivity (Wildman–Crippen MR) is 112 cm³/mol. The molecule has 1 unspecified atom stereocenters. The van der Waals surface area contributed by atoms with E-state index in [1.54, 1.807) is 12.4 Å². The summed E-state index contributed by atoms with van der Waals surface area (Å²) >= 11 is 0. The quantitative estimate of drug-likeness (QED) is 0.652. The second-order valence-electron chi connectivity index (χ2n) is 7.43. The molecule has 1 atom stereocenters. The molecule has 0 saturated carbocycles. The van der Waals surface area contributed by atoms with E-state index < -0.39 is 0 Å². The first-order valence-electron chi connectivity index (χ1n) is 10.3. The third kappa shape index (κ3) is 4.54. The van der Waals surface area contributed by atoms with Gasteiger partial charge >= 0.3 is 0 Å². The van der Waals surface area contributed by atoms with Crippen LogP contribution in [0.4, 0.5) is 0 Å². The van der Waals surface area contributed by atoms with Crippen LogP contribution in [0.15, 0.2) is 54.9 Å². The average molecular weight is 390 g/mol. The fourth-order valence-corrected chi connectivity index (χ4v) is 3.93. The monoisotopic (exact) mass is 389 g/mol. The molecular weight excluding hydrogens is 362 g/mol. The van der Waals surface area contributed by atoms with Crippen LogP contribution in [0.25, 0.3) is 0 Å². The van der Waals surface area contributed by atoms with Crippen LogP contribution in [0.3, 0.4) is 0 Å². The van der Waals surface area contributed by atoms with Crippen LogP contribution in [-0.4, -0.2) is 26.7 Å². The molecule has 2 N–H and O–H groups in total. The van der Waals surface area contributed by atoms with Crippen molar-refractivity contribution < 1.29 is 4.79 Å². The third-order valence-electron chi connectivity index (χ3n) is 5.50. The number of pyridine rings is 1. The van der Waals surface area contributed by atoms with Crippen LogP contribution in [0.5, 0.6) is 0 Å². The van der Waals surface area contributed by atoms with Crippen molar-refractivity contribution in [2.24, 2.45) is 0 Å². The molecule has 0 fully saturated rings. The van der Waals surface area contributed by atoms with Gasteiger partial charge in [0.05, 0.1) is 0 Å². The SMILES string of the molecule is CCn1nc(C(=O)NCc2ccncc2)c2c1CCC(NCc1ccccc1)C2. The Morgan fingerprint density at radius 3 is 2.62 bits per heavy atom. The standard InChI is InChI=1S/C23H27N5O/c1-2-28-21-9-8-19(25-15-17-6-4-3-5-7-17)14-20(21)22(27-28)23(29)26-16-18-10-12-24-13-11-18/h3-7,10-13,19,25H,2,8-9,14-16H2,1H3,(H,26,29). The van der Waals surface area contributed by atoms with E-state index in [4.69, 9.17) is 0 Å². The van der Waals surface area contributed by atoms with Gasteiger partial charge in [-0.1, -0.05) is 30.3 Å². The molecule has 29 heavy (non-hydrogen) atoms. The summed E-state index contributed by atoms with van der Waals surface area (Å²) < 4.78 is 1.99. The third-order valence-corrected chi connectivity index (χ3v) is 5.50. The van der Waals surface area contributed by atoms with E-state index in [9.17, 15) is 4.79 Å². The number of aryl methyl sites for hydroxylation is 1. The maximum absolute atomic E-state index is 12.9. The highest BCUT2D eigenvalue weighted by atomic mass is 16.1. The number of carbonyl (C=O) groups is 1. The summed E-state index contributed by atoms with van der Waals surface area (Å²) in [6.07, 6.45) is 6.31. The normalized spacial score (nSPS) is 15.7. The minimum Gasteiger partial charge on any atom is -0.347 e. The van der Waals surface area contributed by atoms with Gasteiger partial charge in [-0.05, 0) is 49.4 Å². The molecule has 0 bridgehead atoms. The van der Waals surface area contributed by atoms with Crippen molar-refractivity contribution in [2.75, 3.05) is 0 Å². The molecule has 2 aromatic heterocycles. The zero-order valence-corrected chi connectivity index (χ0v) is 16.8. The Labute approximate surface area is 171 Å². The van der Waals surface area contributed by atoms with Gasteiger partial charge in [0.1, 0.15) is 0 Å². The Morgan fingerprint density at radius 1 is 1.10 bits per heavy atom. The fraction of sp³-hybridized carbons (Fsp3) is 0.348. The van der Waals surface area contributed by atoms with Crippen molar-refractivity contribution in [1.29, 1.82) is 0 Å². The predicted octanol–water partition coefficient (Wildman–Crippen LogP) is 2.88. The van der Waals surface area contributed by atoms with Crippen molar-refractivity contribution in [3.63, 3.8) is 0 Å². The van der Waals surface area contributed by atoms with E-state index in [0.29, 0.717) is 18.3 Å². The number of nitrogens with one attached hydrogen (secondary N) is 2. The first-order chi connectivity index (χ1) is 14.2. The average Bonchev–Trinajstić information content (AvgIpc) is 3.15. The number of nitrogens with zero attached hydrogens (tertiary/aromatic N) is 3. The van der Waals surface area contributed by atoms with Crippen LogP contribution < -0.4 is 10.6 Å². The summed E-state index contributed by atoms with van der Waals surface area (Å²) in [7, 11) is 0. The molecule has 1 aliphatic rings. The van der Waals surface area contributed by atoms with Gasteiger partial charge in [-0.3, -0.25) is 14.5 Å². The lowest BCUT2D eigenvalue weighted by Gasteiger charge is -2.24. The highest BCUT2D eigenvalue weighted by Gasteiger charge is 2.28. The molecule has 6 heteroatoms. The summed E-state index contributed by atoms with van der Waals surface area (Å²) in [6.45, 7) is 4.17. The topological polar surface area (TPSA) is 71.8 Å². The number of amides is 1. The number of hydrogen-bond donors (Lipinski definition) is 2. The zero-order chi connectivity index (χ0) is 20.1. The molecule has 1 aliphatic carbocycles. The van der Waals surface area contributed by atoms with Crippen molar-refractivity contribution in [3.8, 4) is 0 Å². The van der Waals surface area contributed by atoms with E-state index in [-0.39, 0.29) is 5.91 Å².